The van der Waals surface area contributed by atoms with Gasteiger partial charge in [0.25, 0.3) is 15.9 Å². The molecule has 4 rings (SSSR count). The van der Waals surface area contributed by atoms with Gasteiger partial charge in [-0.15, -0.1) is 0 Å². The number of hydrogen-bond donors (Lipinski definition) is 2. The first-order chi connectivity index (χ1) is 16.3. The molecule has 3 aromatic rings. The van der Waals surface area contributed by atoms with E-state index in [2.05, 4.69) is 9.71 Å². The molecule has 10 heteroatoms. The van der Waals surface area contributed by atoms with E-state index in [-0.39, 0.29) is 43.7 Å². The molecule has 2 aromatic carbocycles. The molecule has 1 amide bonds. The van der Waals surface area contributed by atoms with E-state index in [1.165, 1.54) is 31.4 Å². The fourth-order valence-electron chi connectivity index (χ4n) is 3.98. The third kappa shape index (κ3) is 4.47. The first-order valence-corrected chi connectivity index (χ1v) is 12.7. The van der Waals surface area contributed by atoms with E-state index in [0.717, 1.165) is 16.0 Å². The van der Waals surface area contributed by atoms with E-state index < -0.39 is 22.2 Å². The lowest BCUT2D eigenvalue weighted by molar-refractivity contribution is 0.0934. The Bertz CT molecular complexity index is 1420. The van der Waals surface area contributed by atoms with Crippen LogP contribution >= 0.6 is 11.6 Å². The third-order valence-corrected chi connectivity index (χ3v) is 7.52. The normalized spacial score (nSPS) is 15.8. The molecule has 2 heterocycles. The second-order valence-corrected chi connectivity index (χ2v) is 11.4. The standard InChI is InChI=1S/C25H26ClN3O5S/c1-14-12-19(22(34-5)27-13-14)29-23(30)20-17(26)10-11-18(21(20)24(29)31)28-35(32,33)16-8-6-15(7-9-16)25(2,3)4/h6-13,24,28,31H,1-5H3. The number of sulfonamides is 1. The van der Waals surface area contributed by atoms with E-state index in [9.17, 15) is 18.3 Å². The quantitative estimate of drug-likeness (QED) is 0.505. The summed E-state index contributed by atoms with van der Waals surface area (Å²) in [5.41, 5.74) is 1.94. The Morgan fingerprint density at radius 1 is 1.14 bits per heavy atom. The summed E-state index contributed by atoms with van der Waals surface area (Å²) in [6, 6.07) is 11.1. The van der Waals surface area contributed by atoms with Gasteiger partial charge in [0, 0.05) is 11.8 Å². The number of aryl methyl sites for hydroxylation is 1. The molecule has 1 atom stereocenters. The lowest BCUT2D eigenvalue weighted by Crippen LogP contribution is -2.28. The van der Waals surface area contributed by atoms with Crippen LogP contribution in [0, 0.1) is 6.92 Å². The second kappa shape index (κ2) is 8.82. The lowest BCUT2D eigenvalue weighted by atomic mass is 9.87. The van der Waals surface area contributed by atoms with Crippen LogP contribution in [-0.2, 0) is 15.4 Å². The molecule has 0 saturated carbocycles. The van der Waals surface area contributed by atoms with Gasteiger partial charge in [-0.2, -0.15) is 0 Å². The molecule has 1 aliphatic rings. The average molecular weight is 516 g/mol. The molecule has 0 aliphatic carbocycles. The molecule has 1 aliphatic heterocycles. The Morgan fingerprint density at radius 2 is 1.80 bits per heavy atom. The maximum atomic E-state index is 13.3. The maximum absolute atomic E-state index is 13.3. The number of benzene rings is 2. The minimum atomic E-state index is -4.02. The van der Waals surface area contributed by atoms with E-state index in [1.807, 2.05) is 20.8 Å². The predicted octanol–water partition coefficient (Wildman–Crippen LogP) is 4.80. The monoisotopic (exact) mass is 515 g/mol. The predicted molar refractivity (Wildman–Crippen MR) is 135 cm³/mol. The van der Waals surface area contributed by atoms with Gasteiger partial charge in [0.1, 0.15) is 5.69 Å². The summed E-state index contributed by atoms with van der Waals surface area (Å²) in [6.07, 6.45) is 0.0505. The van der Waals surface area contributed by atoms with Crippen molar-refractivity contribution in [1.29, 1.82) is 0 Å². The number of rotatable bonds is 5. The van der Waals surface area contributed by atoms with Crippen molar-refractivity contribution in [2.45, 2.75) is 44.2 Å². The van der Waals surface area contributed by atoms with Gasteiger partial charge in [0.2, 0.25) is 5.88 Å². The van der Waals surface area contributed by atoms with Crippen molar-refractivity contribution in [2.24, 2.45) is 0 Å². The van der Waals surface area contributed by atoms with Crippen molar-refractivity contribution in [1.82, 2.24) is 4.98 Å². The largest absolute Gasteiger partial charge is 0.480 e. The van der Waals surface area contributed by atoms with Crippen LogP contribution in [0.4, 0.5) is 11.4 Å². The van der Waals surface area contributed by atoms with Gasteiger partial charge < -0.3 is 9.84 Å². The smallest absolute Gasteiger partial charge is 0.262 e. The molecule has 35 heavy (non-hydrogen) atoms. The third-order valence-electron chi connectivity index (χ3n) is 5.83. The zero-order chi connectivity index (χ0) is 25.7. The Kier molecular flexibility index (Phi) is 6.29. The highest BCUT2D eigenvalue weighted by Gasteiger charge is 2.42. The van der Waals surface area contributed by atoms with Crippen LogP contribution in [0.2, 0.25) is 5.02 Å². The van der Waals surface area contributed by atoms with Crippen LogP contribution < -0.4 is 14.4 Å². The zero-order valence-corrected chi connectivity index (χ0v) is 21.5. The molecule has 0 radical (unpaired) electrons. The molecule has 2 N–H and O–H groups in total. The van der Waals surface area contributed by atoms with Crippen LogP contribution in [0.3, 0.4) is 0 Å². The minimum absolute atomic E-state index is 0.00556. The zero-order valence-electron chi connectivity index (χ0n) is 20.0. The topological polar surface area (TPSA) is 109 Å². The second-order valence-electron chi connectivity index (χ2n) is 9.35. The first kappa shape index (κ1) is 25.0. The molecule has 0 fully saturated rings. The van der Waals surface area contributed by atoms with Gasteiger partial charge in [-0.05, 0) is 53.8 Å². The number of aromatic nitrogens is 1. The molecule has 0 spiro atoms. The number of carbonyl (C=O) groups excluding carboxylic acids is 1. The van der Waals surface area contributed by atoms with Crippen molar-refractivity contribution in [3.63, 3.8) is 0 Å². The van der Waals surface area contributed by atoms with Crippen molar-refractivity contribution in [2.75, 3.05) is 16.7 Å². The number of nitrogens with one attached hydrogen (secondary N) is 1. The van der Waals surface area contributed by atoms with Crippen molar-refractivity contribution in [3.05, 3.63) is 75.9 Å². The number of nitrogens with zero attached hydrogens (tertiary/aromatic N) is 2. The highest BCUT2D eigenvalue weighted by molar-refractivity contribution is 7.92. The number of methoxy groups -OCH3 is 1. The molecule has 8 nitrogen and oxygen atoms in total. The number of hydrogen-bond acceptors (Lipinski definition) is 6. The summed E-state index contributed by atoms with van der Waals surface area (Å²) in [6.45, 7) is 7.89. The number of pyridine rings is 1. The van der Waals surface area contributed by atoms with E-state index in [1.54, 1.807) is 31.3 Å². The van der Waals surface area contributed by atoms with E-state index in [0.29, 0.717) is 0 Å². The summed E-state index contributed by atoms with van der Waals surface area (Å²) < 4.78 is 34.1. The Balaban J connectivity index is 1.76. The number of anilines is 2. The van der Waals surface area contributed by atoms with Crippen LogP contribution in [0.15, 0.2) is 53.6 Å². The van der Waals surface area contributed by atoms with Gasteiger partial charge in [-0.3, -0.25) is 14.4 Å². The summed E-state index contributed by atoms with van der Waals surface area (Å²) in [7, 11) is -2.62. The first-order valence-electron chi connectivity index (χ1n) is 10.8. The van der Waals surface area contributed by atoms with E-state index in [4.69, 9.17) is 16.3 Å². The number of aliphatic hydroxyl groups is 1. The van der Waals surface area contributed by atoms with Crippen LogP contribution in [0.25, 0.3) is 0 Å². The van der Waals surface area contributed by atoms with Gasteiger partial charge >= 0.3 is 0 Å². The summed E-state index contributed by atoms with van der Waals surface area (Å²) >= 11 is 6.33. The number of amides is 1. The Hall–Kier alpha value is -3.14. The number of ether oxygens (including phenoxy) is 1. The summed E-state index contributed by atoms with van der Waals surface area (Å²) in [5, 5.41) is 11.3. The summed E-state index contributed by atoms with van der Waals surface area (Å²) in [5.74, 6) is -0.466. The molecule has 1 unspecified atom stereocenters. The van der Waals surface area contributed by atoms with Crippen molar-refractivity contribution >= 4 is 38.9 Å². The Labute approximate surface area is 209 Å². The fourth-order valence-corrected chi connectivity index (χ4v) is 5.30. The summed E-state index contributed by atoms with van der Waals surface area (Å²) in [4.78, 5) is 18.7. The van der Waals surface area contributed by atoms with Gasteiger partial charge in [0.15, 0.2) is 6.23 Å². The molecular weight excluding hydrogens is 490 g/mol. The Morgan fingerprint density at radius 3 is 2.40 bits per heavy atom. The number of aliphatic hydroxyl groups excluding tert-OH is 1. The number of halogens is 1. The van der Waals surface area contributed by atoms with Gasteiger partial charge in [-0.25, -0.2) is 13.4 Å². The van der Waals surface area contributed by atoms with Gasteiger partial charge in [-0.1, -0.05) is 44.5 Å². The van der Waals surface area contributed by atoms with Crippen LogP contribution in [0.5, 0.6) is 5.88 Å². The fraction of sp³-hybridized carbons (Fsp3) is 0.280. The van der Waals surface area contributed by atoms with Crippen LogP contribution in [-0.4, -0.2) is 31.5 Å². The number of fused-ring (bicyclic) bond motifs is 1. The highest BCUT2D eigenvalue weighted by Crippen LogP contribution is 2.45. The molecule has 0 bridgehead atoms. The molecular formula is C25H26ClN3O5S. The minimum Gasteiger partial charge on any atom is -0.480 e. The molecule has 184 valence electrons. The molecule has 1 aromatic heterocycles. The lowest BCUT2D eigenvalue weighted by Gasteiger charge is -2.23. The van der Waals surface area contributed by atoms with Crippen molar-refractivity contribution in [3.8, 4) is 5.88 Å². The van der Waals surface area contributed by atoms with E-state index >= 15 is 0 Å². The maximum Gasteiger partial charge on any atom is 0.262 e. The van der Waals surface area contributed by atoms with Crippen LogP contribution in [0.1, 0.15) is 54.0 Å². The number of carbonyl (C=O) groups is 1. The SMILES string of the molecule is COc1ncc(C)cc1N1C(=O)c2c(Cl)ccc(NS(=O)(=O)c3ccc(C(C)(C)C)cc3)c2C1O. The molecule has 0 saturated heterocycles. The van der Waals surface area contributed by atoms with Gasteiger partial charge in [0.05, 0.1) is 28.3 Å². The van der Waals surface area contributed by atoms with Crippen molar-refractivity contribution < 1.29 is 23.1 Å². The highest BCUT2D eigenvalue weighted by atomic mass is 35.5. The average Bonchev–Trinajstić information content (AvgIpc) is 3.06.